The van der Waals surface area contributed by atoms with Gasteiger partial charge in [0.05, 0.1) is 13.2 Å². The fourth-order valence-electron chi connectivity index (χ4n) is 3.49. The summed E-state index contributed by atoms with van der Waals surface area (Å²) in [6, 6.07) is 8.04. The summed E-state index contributed by atoms with van der Waals surface area (Å²) in [5.74, 6) is 0.654. The molecule has 3 aliphatic rings. The number of fused-ring (bicyclic) bond motifs is 8. The summed E-state index contributed by atoms with van der Waals surface area (Å²) in [5.41, 5.74) is 1.44. The summed E-state index contributed by atoms with van der Waals surface area (Å²) in [7, 11) is 1.44. The summed E-state index contributed by atoms with van der Waals surface area (Å²) in [6.07, 6.45) is 1.22. The van der Waals surface area contributed by atoms with Crippen molar-refractivity contribution in [2.75, 3.05) is 7.11 Å². The molecule has 0 N–H and O–H groups in total. The van der Waals surface area contributed by atoms with Crippen LogP contribution in [0.5, 0.6) is 0 Å². The molecule has 0 spiro atoms. The minimum atomic E-state index is -0.777. The zero-order valence-electron chi connectivity index (χ0n) is 8.97. The van der Waals surface area contributed by atoms with Gasteiger partial charge in [0.25, 0.3) is 0 Å². The SMILES string of the molecule is COC(=O)[C@]12O[C@H](c3ccccc31)[C@H]1C[C@H]12. The van der Waals surface area contributed by atoms with Gasteiger partial charge >= 0.3 is 5.97 Å². The van der Waals surface area contributed by atoms with Gasteiger partial charge in [0.1, 0.15) is 0 Å². The lowest BCUT2D eigenvalue weighted by Gasteiger charge is -2.24. The minimum Gasteiger partial charge on any atom is -0.467 e. The highest BCUT2D eigenvalue weighted by molar-refractivity contribution is 5.85. The molecule has 1 aromatic rings. The third-order valence-corrected chi connectivity index (χ3v) is 4.22. The lowest BCUT2D eigenvalue weighted by atomic mass is 9.82. The average molecular weight is 216 g/mol. The molecule has 82 valence electrons. The van der Waals surface area contributed by atoms with E-state index in [4.69, 9.17) is 9.47 Å². The summed E-state index contributed by atoms with van der Waals surface area (Å²) in [6.45, 7) is 0. The fourth-order valence-corrected chi connectivity index (χ4v) is 3.49. The van der Waals surface area contributed by atoms with Gasteiger partial charge in [-0.25, -0.2) is 4.79 Å². The van der Waals surface area contributed by atoms with Gasteiger partial charge in [-0.1, -0.05) is 24.3 Å². The van der Waals surface area contributed by atoms with Crippen molar-refractivity contribution in [3.8, 4) is 0 Å². The molecule has 4 rings (SSSR count). The van der Waals surface area contributed by atoms with Crippen LogP contribution in [0, 0.1) is 11.8 Å². The number of carbonyl (C=O) groups excluding carboxylic acids is 1. The molecule has 4 atom stereocenters. The van der Waals surface area contributed by atoms with Crippen LogP contribution in [-0.2, 0) is 19.9 Å². The Kier molecular flexibility index (Phi) is 1.36. The number of benzene rings is 1. The van der Waals surface area contributed by atoms with Gasteiger partial charge in [-0.05, 0) is 17.9 Å². The molecular formula is C13H12O3. The van der Waals surface area contributed by atoms with E-state index >= 15 is 0 Å². The molecule has 1 saturated heterocycles. The molecule has 2 heterocycles. The first-order chi connectivity index (χ1) is 7.79. The Labute approximate surface area is 93.4 Å². The highest BCUT2D eigenvalue weighted by Crippen LogP contribution is 2.72. The van der Waals surface area contributed by atoms with Gasteiger partial charge in [-0.15, -0.1) is 0 Å². The van der Waals surface area contributed by atoms with Crippen molar-refractivity contribution in [1.29, 1.82) is 0 Å². The van der Waals surface area contributed by atoms with Crippen molar-refractivity contribution in [3.63, 3.8) is 0 Å². The first-order valence-electron chi connectivity index (χ1n) is 5.64. The van der Waals surface area contributed by atoms with Gasteiger partial charge in [-0.2, -0.15) is 0 Å². The average Bonchev–Trinajstić information content (AvgIpc) is 2.99. The molecule has 3 heteroatoms. The second-order valence-electron chi connectivity index (χ2n) is 4.86. The number of hydrogen-bond donors (Lipinski definition) is 0. The lowest BCUT2D eigenvalue weighted by molar-refractivity contribution is -0.171. The van der Waals surface area contributed by atoms with E-state index in [2.05, 4.69) is 6.07 Å². The van der Waals surface area contributed by atoms with E-state index in [0.29, 0.717) is 11.8 Å². The van der Waals surface area contributed by atoms with Gasteiger partial charge in [0.2, 0.25) is 0 Å². The van der Waals surface area contributed by atoms with E-state index in [1.165, 1.54) is 12.7 Å². The van der Waals surface area contributed by atoms with E-state index < -0.39 is 5.60 Å². The van der Waals surface area contributed by atoms with Crippen molar-refractivity contribution in [2.45, 2.75) is 18.1 Å². The molecule has 1 aromatic carbocycles. The molecule has 3 nitrogen and oxygen atoms in total. The molecule has 1 saturated carbocycles. The molecule has 2 aliphatic heterocycles. The smallest absolute Gasteiger partial charge is 0.343 e. The molecular weight excluding hydrogens is 204 g/mol. The zero-order valence-corrected chi connectivity index (χ0v) is 8.97. The van der Waals surface area contributed by atoms with E-state index in [0.717, 1.165) is 12.0 Å². The third-order valence-electron chi connectivity index (χ3n) is 4.22. The number of carbonyl (C=O) groups is 1. The fraction of sp³-hybridized carbons (Fsp3) is 0.462. The Morgan fingerprint density at radius 1 is 1.50 bits per heavy atom. The number of methoxy groups -OCH3 is 1. The second kappa shape index (κ2) is 2.48. The quantitative estimate of drug-likeness (QED) is 0.671. The Balaban J connectivity index is 1.97. The summed E-state index contributed by atoms with van der Waals surface area (Å²) in [5, 5.41) is 0. The maximum Gasteiger partial charge on any atom is 0.343 e. The molecule has 0 unspecified atom stereocenters. The largest absolute Gasteiger partial charge is 0.467 e. The van der Waals surface area contributed by atoms with Crippen LogP contribution in [0.2, 0.25) is 0 Å². The summed E-state index contributed by atoms with van der Waals surface area (Å²) in [4.78, 5) is 12.0. The van der Waals surface area contributed by atoms with Crippen LogP contribution in [0.4, 0.5) is 0 Å². The van der Waals surface area contributed by atoms with E-state index in [1.807, 2.05) is 18.2 Å². The van der Waals surface area contributed by atoms with Crippen LogP contribution in [0.3, 0.4) is 0 Å². The number of hydrogen-bond acceptors (Lipinski definition) is 3. The Hall–Kier alpha value is -1.35. The van der Waals surface area contributed by atoms with Crippen LogP contribution in [0.15, 0.2) is 24.3 Å². The first-order valence-corrected chi connectivity index (χ1v) is 5.64. The predicted molar refractivity (Wildman–Crippen MR) is 55.6 cm³/mol. The predicted octanol–water partition coefficient (Wildman–Crippen LogP) is 1.78. The Morgan fingerprint density at radius 3 is 3.12 bits per heavy atom. The highest BCUT2D eigenvalue weighted by Gasteiger charge is 2.73. The van der Waals surface area contributed by atoms with Crippen molar-refractivity contribution >= 4 is 5.97 Å². The standard InChI is InChI=1S/C13H12O3/c1-15-12(14)13-9-5-3-2-4-7(9)11(16-13)8-6-10(8)13/h2-5,8,10-11H,6H2,1H3/t8-,10+,11+,13-/m0/s1. The van der Waals surface area contributed by atoms with Gasteiger partial charge in [0, 0.05) is 11.5 Å². The Bertz CT molecular complexity index is 496. The van der Waals surface area contributed by atoms with Crippen LogP contribution in [-0.4, -0.2) is 13.1 Å². The van der Waals surface area contributed by atoms with Crippen LogP contribution < -0.4 is 0 Å². The van der Waals surface area contributed by atoms with Crippen molar-refractivity contribution in [1.82, 2.24) is 0 Å². The van der Waals surface area contributed by atoms with Crippen molar-refractivity contribution in [3.05, 3.63) is 35.4 Å². The highest BCUT2D eigenvalue weighted by atomic mass is 16.6. The molecule has 2 fully saturated rings. The van der Waals surface area contributed by atoms with Crippen LogP contribution in [0.1, 0.15) is 23.7 Å². The molecule has 0 radical (unpaired) electrons. The molecule has 0 aromatic heterocycles. The van der Waals surface area contributed by atoms with Gasteiger partial charge in [0.15, 0.2) is 5.60 Å². The number of esters is 1. The monoisotopic (exact) mass is 216 g/mol. The maximum atomic E-state index is 12.0. The second-order valence-corrected chi connectivity index (χ2v) is 4.86. The third kappa shape index (κ3) is 0.725. The summed E-state index contributed by atoms with van der Waals surface area (Å²) >= 11 is 0. The maximum absolute atomic E-state index is 12.0. The first kappa shape index (κ1) is 8.76. The molecule has 1 aliphatic carbocycles. The van der Waals surface area contributed by atoms with Gasteiger partial charge < -0.3 is 9.47 Å². The normalized spacial score (nSPS) is 41.4. The van der Waals surface area contributed by atoms with Crippen LogP contribution >= 0.6 is 0 Å². The van der Waals surface area contributed by atoms with E-state index in [9.17, 15) is 4.79 Å². The molecule has 0 amide bonds. The topological polar surface area (TPSA) is 35.5 Å². The van der Waals surface area contributed by atoms with Crippen molar-refractivity contribution in [2.24, 2.45) is 11.8 Å². The zero-order chi connectivity index (χ0) is 10.9. The summed E-state index contributed by atoms with van der Waals surface area (Å²) < 4.78 is 10.9. The van der Waals surface area contributed by atoms with E-state index in [-0.39, 0.29) is 12.1 Å². The van der Waals surface area contributed by atoms with Crippen LogP contribution in [0.25, 0.3) is 0 Å². The molecule has 2 bridgehead atoms. The minimum absolute atomic E-state index is 0.125. The number of ether oxygens (including phenoxy) is 2. The lowest BCUT2D eigenvalue weighted by Crippen LogP contribution is -2.37. The molecule has 16 heavy (non-hydrogen) atoms. The Morgan fingerprint density at radius 2 is 2.31 bits per heavy atom. The van der Waals surface area contributed by atoms with Crippen molar-refractivity contribution < 1.29 is 14.3 Å². The van der Waals surface area contributed by atoms with Gasteiger partial charge in [-0.3, -0.25) is 0 Å². The van der Waals surface area contributed by atoms with E-state index in [1.54, 1.807) is 0 Å². The number of rotatable bonds is 1.